The molecule has 0 radical (unpaired) electrons. The van der Waals surface area contributed by atoms with Crippen molar-refractivity contribution in [3.05, 3.63) is 54.4 Å². The Bertz CT molecular complexity index is 723. The summed E-state index contributed by atoms with van der Waals surface area (Å²) in [7, 11) is 1.86. The molecule has 0 amide bonds. The number of hydrogen-bond acceptors (Lipinski definition) is 4. The number of fused-ring (bicyclic) bond motifs is 1. The number of hydrogen-bond donors (Lipinski definition) is 2. The fourth-order valence-corrected chi connectivity index (χ4v) is 2.39. The number of nitrogens with zero attached hydrogens (tertiary/aromatic N) is 3. The van der Waals surface area contributed by atoms with E-state index in [-0.39, 0.29) is 0 Å². The minimum atomic E-state index is -0.438. The third-order valence-electron chi connectivity index (χ3n) is 3.48. The third-order valence-corrected chi connectivity index (χ3v) is 3.48. The molecule has 0 aliphatic rings. The van der Waals surface area contributed by atoms with Crippen molar-refractivity contribution in [1.82, 2.24) is 14.8 Å². The average Bonchev–Trinajstić information content (AvgIpc) is 2.88. The number of aliphatic hydroxyl groups excluding tert-OH is 1. The van der Waals surface area contributed by atoms with Crippen LogP contribution in [0.3, 0.4) is 0 Å². The van der Waals surface area contributed by atoms with Gasteiger partial charge in [0.1, 0.15) is 0 Å². The number of nitrogens with one attached hydrogen (secondary N) is 1. The first-order valence-corrected chi connectivity index (χ1v) is 6.96. The molecule has 0 unspecified atom stereocenters. The van der Waals surface area contributed by atoms with Gasteiger partial charge in [-0.3, -0.25) is 4.68 Å². The van der Waals surface area contributed by atoms with Crippen LogP contribution in [0.25, 0.3) is 11.0 Å². The van der Waals surface area contributed by atoms with Crippen molar-refractivity contribution in [2.75, 3.05) is 11.9 Å². The Balaban J connectivity index is 1.66. The van der Waals surface area contributed by atoms with Crippen LogP contribution in [-0.4, -0.2) is 32.5 Å². The van der Waals surface area contributed by atoms with Crippen LogP contribution in [0.5, 0.6) is 0 Å². The number of pyridine rings is 1. The molecule has 2 N–H and O–H groups in total. The summed E-state index contributed by atoms with van der Waals surface area (Å²) < 4.78 is 1.74. The fourth-order valence-electron chi connectivity index (χ4n) is 2.39. The van der Waals surface area contributed by atoms with Gasteiger partial charge in [0.25, 0.3) is 0 Å². The first-order chi connectivity index (χ1) is 10.2. The molecule has 0 spiro atoms. The zero-order chi connectivity index (χ0) is 14.7. The van der Waals surface area contributed by atoms with Gasteiger partial charge in [-0.15, -0.1) is 0 Å². The molecular weight excluding hydrogens is 264 g/mol. The van der Waals surface area contributed by atoms with Crippen molar-refractivity contribution in [3.8, 4) is 0 Å². The SMILES string of the molecule is Cn1ncc2c(NC[C@H](O)Cc3ccccc3)ccnc21. The molecule has 21 heavy (non-hydrogen) atoms. The van der Waals surface area contributed by atoms with E-state index in [1.807, 2.05) is 43.4 Å². The molecule has 5 heteroatoms. The van der Waals surface area contributed by atoms with Crippen molar-refractivity contribution >= 4 is 16.7 Å². The molecule has 0 bridgehead atoms. The van der Waals surface area contributed by atoms with Crippen LogP contribution in [0.2, 0.25) is 0 Å². The molecule has 2 heterocycles. The molecule has 0 aliphatic heterocycles. The largest absolute Gasteiger partial charge is 0.391 e. The standard InChI is InChI=1S/C16H18N4O/c1-20-16-14(11-19-20)15(7-8-17-16)18-10-13(21)9-12-5-3-2-4-6-12/h2-8,11,13,21H,9-10H2,1H3,(H,17,18)/t13-/m1/s1. The Hall–Kier alpha value is -2.40. The van der Waals surface area contributed by atoms with Gasteiger partial charge in [0.2, 0.25) is 0 Å². The second kappa shape index (κ2) is 5.93. The smallest absolute Gasteiger partial charge is 0.159 e. The van der Waals surface area contributed by atoms with Gasteiger partial charge in [-0.1, -0.05) is 30.3 Å². The molecule has 0 aliphatic carbocycles. The molecule has 0 saturated carbocycles. The summed E-state index contributed by atoms with van der Waals surface area (Å²) in [6.07, 6.45) is 3.73. The van der Waals surface area contributed by atoms with E-state index in [1.54, 1.807) is 17.1 Å². The van der Waals surface area contributed by atoms with E-state index < -0.39 is 6.10 Å². The zero-order valence-corrected chi connectivity index (χ0v) is 11.9. The van der Waals surface area contributed by atoms with Gasteiger partial charge < -0.3 is 10.4 Å². The maximum Gasteiger partial charge on any atom is 0.159 e. The van der Waals surface area contributed by atoms with E-state index in [0.717, 1.165) is 22.3 Å². The number of anilines is 1. The molecule has 108 valence electrons. The Morgan fingerprint density at radius 1 is 1.24 bits per heavy atom. The molecule has 5 nitrogen and oxygen atoms in total. The summed E-state index contributed by atoms with van der Waals surface area (Å²) in [5, 5.41) is 18.6. The predicted molar refractivity (Wildman–Crippen MR) is 83.2 cm³/mol. The van der Waals surface area contributed by atoms with E-state index in [1.165, 1.54) is 0 Å². The Kier molecular flexibility index (Phi) is 3.83. The lowest BCUT2D eigenvalue weighted by atomic mass is 10.1. The van der Waals surface area contributed by atoms with Gasteiger partial charge in [-0.25, -0.2) is 4.98 Å². The Morgan fingerprint density at radius 2 is 2.05 bits per heavy atom. The van der Waals surface area contributed by atoms with E-state index >= 15 is 0 Å². The first-order valence-electron chi connectivity index (χ1n) is 6.96. The van der Waals surface area contributed by atoms with Crippen LogP contribution in [0, 0.1) is 0 Å². The van der Waals surface area contributed by atoms with Crippen LogP contribution in [-0.2, 0) is 13.5 Å². The Labute approximate surface area is 123 Å². The van der Waals surface area contributed by atoms with Crippen molar-refractivity contribution < 1.29 is 5.11 Å². The van der Waals surface area contributed by atoms with Gasteiger partial charge in [-0.05, 0) is 11.6 Å². The second-order valence-electron chi connectivity index (χ2n) is 5.09. The summed E-state index contributed by atoms with van der Waals surface area (Å²) in [6.45, 7) is 0.489. The molecule has 1 aromatic carbocycles. The highest BCUT2D eigenvalue weighted by molar-refractivity contribution is 5.88. The van der Waals surface area contributed by atoms with Crippen molar-refractivity contribution in [3.63, 3.8) is 0 Å². The summed E-state index contributed by atoms with van der Waals surface area (Å²) >= 11 is 0. The van der Waals surface area contributed by atoms with E-state index in [0.29, 0.717) is 13.0 Å². The van der Waals surface area contributed by atoms with E-state index in [9.17, 15) is 5.11 Å². The minimum Gasteiger partial charge on any atom is -0.391 e. The fraction of sp³-hybridized carbons (Fsp3) is 0.250. The maximum atomic E-state index is 10.1. The van der Waals surface area contributed by atoms with Gasteiger partial charge in [0, 0.05) is 31.9 Å². The van der Waals surface area contributed by atoms with Gasteiger partial charge in [-0.2, -0.15) is 5.10 Å². The minimum absolute atomic E-state index is 0.438. The third kappa shape index (κ3) is 3.03. The lowest BCUT2D eigenvalue weighted by molar-refractivity contribution is 0.188. The topological polar surface area (TPSA) is 63.0 Å². The normalized spacial score (nSPS) is 12.5. The summed E-state index contributed by atoms with van der Waals surface area (Å²) in [5.41, 5.74) is 2.91. The highest BCUT2D eigenvalue weighted by Gasteiger charge is 2.09. The lowest BCUT2D eigenvalue weighted by Crippen LogP contribution is -2.21. The highest BCUT2D eigenvalue weighted by atomic mass is 16.3. The molecule has 2 aromatic heterocycles. The molecule has 3 aromatic rings. The molecule has 1 atom stereocenters. The molecule has 0 fully saturated rings. The quantitative estimate of drug-likeness (QED) is 0.751. The van der Waals surface area contributed by atoms with Crippen molar-refractivity contribution in [1.29, 1.82) is 0 Å². The summed E-state index contributed by atoms with van der Waals surface area (Å²) in [6, 6.07) is 11.9. The van der Waals surface area contributed by atoms with Crippen LogP contribution < -0.4 is 5.32 Å². The molecule has 3 rings (SSSR count). The van der Waals surface area contributed by atoms with Crippen LogP contribution in [0.1, 0.15) is 5.56 Å². The molecule has 0 saturated heterocycles. The number of aryl methyl sites for hydroxylation is 1. The number of aliphatic hydroxyl groups is 1. The van der Waals surface area contributed by atoms with Gasteiger partial charge in [0.05, 0.1) is 17.7 Å². The zero-order valence-electron chi connectivity index (χ0n) is 11.9. The summed E-state index contributed by atoms with van der Waals surface area (Å²) in [5.74, 6) is 0. The van der Waals surface area contributed by atoms with Crippen LogP contribution in [0.15, 0.2) is 48.8 Å². The van der Waals surface area contributed by atoms with Crippen LogP contribution in [0.4, 0.5) is 5.69 Å². The lowest BCUT2D eigenvalue weighted by Gasteiger charge is -2.13. The first kappa shape index (κ1) is 13.6. The number of benzene rings is 1. The number of rotatable bonds is 5. The van der Waals surface area contributed by atoms with Crippen molar-refractivity contribution in [2.24, 2.45) is 7.05 Å². The van der Waals surface area contributed by atoms with Crippen molar-refractivity contribution in [2.45, 2.75) is 12.5 Å². The van der Waals surface area contributed by atoms with Crippen LogP contribution >= 0.6 is 0 Å². The van der Waals surface area contributed by atoms with Gasteiger partial charge in [0.15, 0.2) is 5.65 Å². The molecular formula is C16H18N4O. The monoisotopic (exact) mass is 282 g/mol. The van der Waals surface area contributed by atoms with E-state index in [2.05, 4.69) is 15.4 Å². The van der Waals surface area contributed by atoms with Gasteiger partial charge >= 0.3 is 0 Å². The maximum absolute atomic E-state index is 10.1. The predicted octanol–water partition coefficient (Wildman–Crippen LogP) is 1.98. The van der Waals surface area contributed by atoms with E-state index in [4.69, 9.17) is 0 Å². The Morgan fingerprint density at radius 3 is 2.86 bits per heavy atom. The average molecular weight is 282 g/mol. The number of aromatic nitrogens is 3. The second-order valence-corrected chi connectivity index (χ2v) is 5.09. The summed E-state index contributed by atoms with van der Waals surface area (Å²) in [4.78, 5) is 4.29. The highest BCUT2D eigenvalue weighted by Crippen LogP contribution is 2.20.